The number of aliphatic hydroxyl groups is 2. The van der Waals surface area contributed by atoms with E-state index in [2.05, 4.69) is 11.1 Å². The number of Topliss-reactive ketones (excluding diaryl/α,β-unsaturated/α-hetero) is 1. The molecule has 7 heteroatoms. The highest BCUT2D eigenvalue weighted by Gasteiger charge is 2.42. The summed E-state index contributed by atoms with van der Waals surface area (Å²) in [6, 6.07) is 0. The highest BCUT2D eigenvalue weighted by atomic mass is 32.1. The van der Waals surface area contributed by atoms with E-state index in [9.17, 15) is 19.8 Å². The van der Waals surface area contributed by atoms with Gasteiger partial charge in [-0.3, -0.25) is 9.59 Å². The van der Waals surface area contributed by atoms with Gasteiger partial charge in [-0.05, 0) is 50.7 Å². The molecule has 3 unspecified atom stereocenters. The minimum Gasteiger partial charge on any atom is -0.457 e. The molecule has 1 aromatic rings. The lowest BCUT2D eigenvalue weighted by molar-refractivity contribution is -0.154. The maximum Gasteiger partial charge on any atom is 0.309 e. The van der Waals surface area contributed by atoms with Crippen molar-refractivity contribution in [3.05, 3.63) is 33.8 Å². The lowest BCUT2D eigenvalue weighted by Crippen LogP contribution is -2.45. The second-order valence-corrected chi connectivity index (χ2v) is 10.9. The maximum atomic E-state index is 13.1. The molecule has 0 aliphatic carbocycles. The molecule has 0 aromatic carbocycles. The van der Waals surface area contributed by atoms with Crippen LogP contribution in [-0.2, 0) is 14.3 Å². The van der Waals surface area contributed by atoms with Crippen molar-refractivity contribution >= 4 is 29.2 Å². The van der Waals surface area contributed by atoms with Crippen LogP contribution in [0.4, 0.5) is 0 Å². The number of aryl methyl sites for hydroxylation is 1. The Morgan fingerprint density at radius 2 is 1.94 bits per heavy atom. The Morgan fingerprint density at radius 1 is 1.24 bits per heavy atom. The first-order chi connectivity index (χ1) is 15.4. The van der Waals surface area contributed by atoms with Crippen LogP contribution in [0.3, 0.4) is 0 Å². The van der Waals surface area contributed by atoms with Crippen molar-refractivity contribution in [1.82, 2.24) is 4.98 Å². The van der Waals surface area contributed by atoms with Gasteiger partial charge >= 0.3 is 5.97 Å². The van der Waals surface area contributed by atoms with Crippen LogP contribution in [0.15, 0.2) is 23.1 Å². The Hall–Kier alpha value is -1.83. The number of carbonyl (C=O) groups excluding carboxylic acids is 2. The average molecular weight is 478 g/mol. The molecule has 0 bridgehead atoms. The van der Waals surface area contributed by atoms with Crippen LogP contribution in [0.1, 0.15) is 77.4 Å². The number of allylic oxidation sites excluding steroid dienone is 1. The van der Waals surface area contributed by atoms with Crippen molar-refractivity contribution < 1.29 is 24.5 Å². The number of hydrogen-bond acceptors (Lipinski definition) is 7. The summed E-state index contributed by atoms with van der Waals surface area (Å²) < 4.78 is 5.75. The van der Waals surface area contributed by atoms with E-state index >= 15 is 0 Å². The summed E-state index contributed by atoms with van der Waals surface area (Å²) >= 11 is 1.56. The Kier molecular flexibility index (Phi) is 10.0. The highest BCUT2D eigenvalue weighted by molar-refractivity contribution is 7.09. The third-order valence-corrected chi connectivity index (χ3v) is 7.47. The lowest BCUT2D eigenvalue weighted by atomic mass is 9.73. The van der Waals surface area contributed by atoms with E-state index in [0.29, 0.717) is 6.42 Å². The highest BCUT2D eigenvalue weighted by Crippen LogP contribution is 2.32. The molecule has 184 valence electrons. The SMILES string of the molecule is C/C(=C\c1csc(C)n1)[C@@H]1C/C=C\CCCC(C)[C@H](O)C(C)C(=O)C(C)(C)C(O)CC(=O)O1. The van der Waals surface area contributed by atoms with Gasteiger partial charge in [-0.15, -0.1) is 11.3 Å². The van der Waals surface area contributed by atoms with Gasteiger partial charge in [-0.1, -0.05) is 39.8 Å². The average Bonchev–Trinajstić information content (AvgIpc) is 3.16. The van der Waals surface area contributed by atoms with Crippen molar-refractivity contribution in [2.75, 3.05) is 0 Å². The third-order valence-electron chi connectivity index (χ3n) is 6.68. The van der Waals surface area contributed by atoms with Crippen LogP contribution < -0.4 is 0 Å². The first kappa shape index (κ1) is 27.4. The molecule has 1 aromatic heterocycles. The minimum absolute atomic E-state index is 0.0392. The van der Waals surface area contributed by atoms with Crippen LogP contribution in [0.5, 0.6) is 0 Å². The monoisotopic (exact) mass is 477 g/mol. The summed E-state index contributed by atoms with van der Waals surface area (Å²) in [4.78, 5) is 30.3. The molecule has 2 rings (SSSR count). The summed E-state index contributed by atoms with van der Waals surface area (Å²) in [6.07, 6.45) is 6.28. The molecule has 33 heavy (non-hydrogen) atoms. The van der Waals surface area contributed by atoms with Crippen molar-refractivity contribution in [2.24, 2.45) is 17.3 Å². The van der Waals surface area contributed by atoms with E-state index in [1.54, 1.807) is 32.1 Å². The molecule has 2 heterocycles. The molecular weight excluding hydrogens is 438 g/mol. The van der Waals surface area contributed by atoms with Crippen LogP contribution in [0, 0.1) is 24.2 Å². The number of cyclic esters (lactones) is 1. The molecule has 2 N–H and O–H groups in total. The number of ketones is 1. The predicted molar refractivity (Wildman–Crippen MR) is 132 cm³/mol. The van der Waals surface area contributed by atoms with Gasteiger partial charge in [-0.2, -0.15) is 0 Å². The smallest absolute Gasteiger partial charge is 0.309 e. The van der Waals surface area contributed by atoms with Crippen LogP contribution in [0.25, 0.3) is 6.08 Å². The zero-order valence-electron chi connectivity index (χ0n) is 20.7. The summed E-state index contributed by atoms with van der Waals surface area (Å²) in [7, 11) is 0. The van der Waals surface area contributed by atoms with Crippen molar-refractivity contribution in [3.8, 4) is 0 Å². The standard InChI is InChI=1S/C26H39NO5S/c1-16-11-9-7-8-10-12-21(17(2)13-20-15-33-19(4)27-20)32-23(29)14-22(28)26(5,6)25(31)18(3)24(16)30/h8,10,13,15-16,18,21-22,24,28,30H,7,9,11-12,14H2,1-6H3/b10-8-,17-13+/t16?,18?,21-,22?,24-/m0/s1. The Labute approximate surface area is 201 Å². The van der Waals surface area contributed by atoms with E-state index in [1.807, 2.05) is 38.3 Å². The summed E-state index contributed by atoms with van der Waals surface area (Å²) in [5.74, 6) is -1.48. The molecular formula is C26H39NO5S. The maximum absolute atomic E-state index is 13.1. The number of nitrogens with zero attached hydrogens (tertiary/aromatic N) is 1. The molecule has 0 amide bonds. The minimum atomic E-state index is -1.21. The zero-order chi connectivity index (χ0) is 24.8. The van der Waals surface area contributed by atoms with Gasteiger partial charge in [0.2, 0.25) is 0 Å². The number of thiazole rings is 1. The number of hydrogen-bond donors (Lipinski definition) is 2. The molecule has 0 saturated heterocycles. The van der Waals surface area contributed by atoms with E-state index in [1.165, 1.54) is 0 Å². The Balaban J connectivity index is 2.27. The molecule has 0 spiro atoms. The molecule has 6 nitrogen and oxygen atoms in total. The molecule has 0 fully saturated rings. The van der Waals surface area contributed by atoms with Gasteiger partial charge in [0, 0.05) is 17.7 Å². The van der Waals surface area contributed by atoms with E-state index in [0.717, 1.165) is 35.5 Å². The van der Waals surface area contributed by atoms with Gasteiger partial charge in [-0.25, -0.2) is 4.98 Å². The summed E-state index contributed by atoms with van der Waals surface area (Å²) in [6.45, 7) is 10.8. The van der Waals surface area contributed by atoms with Gasteiger partial charge in [0.1, 0.15) is 11.9 Å². The molecule has 0 radical (unpaired) electrons. The largest absolute Gasteiger partial charge is 0.457 e. The Morgan fingerprint density at radius 3 is 2.58 bits per heavy atom. The molecule has 0 saturated carbocycles. The number of rotatable bonds is 2. The number of esters is 1. The Bertz CT molecular complexity index is 872. The van der Waals surface area contributed by atoms with E-state index < -0.39 is 35.6 Å². The fraction of sp³-hybridized carbons (Fsp3) is 0.654. The predicted octanol–water partition coefficient (Wildman–Crippen LogP) is 4.88. The normalized spacial score (nSPS) is 31.8. The number of carbonyl (C=O) groups is 2. The molecule has 5 atom stereocenters. The number of aliphatic hydroxyl groups excluding tert-OH is 2. The van der Waals surface area contributed by atoms with Crippen molar-refractivity contribution in [1.29, 1.82) is 0 Å². The van der Waals surface area contributed by atoms with E-state index in [4.69, 9.17) is 4.74 Å². The molecule has 1 aliphatic rings. The number of aromatic nitrogens is 1. The van der Waals surface area contributed by atoms with Crippen molar-refractivity contribution in [2.45, 2.75) is 92.0 Å². The first-order valence-electron chi connectivity index (χ1n) is 11.8. The summed E-state index contributed by atoms with van der Waals surface area (Å²) in [5.41, 5.74) is 0.513. The second kappa shape index (κ2) is 12.0. The van der Waals surface area contributed by atoms with Gasteiger partial charge in [0.05, 0.1) is 34.7 Å². The third kappa shape index (κ3) is 7.59. The fourth-order valence-electron chi connectivity index (χ4n) is 4.18. The van der Waals surface area contributed by atoms with Gasteiger partial charge in [0.15, 0.2) is 0 Å². The lowest BCUT2D eigenvalue weighted by Gasteiger charge is -2.34. The number of ether oxygens (including phenoxy) is 1. The van der Waals surface area contributed by atoms with Gasteiger partial charge < -0.3 is 14.9 Å². The molecule has 1 aliphatic heterocycles. The fourth-order valence-corrected chi connectivity index (χ4v) is 4.75. The second-order valence-electron chi connectivity index (χ2n) is 9.86. The van der Waals surface area contributed by atoms with Crippen molar-refractivity contribution in [3.63, 3.8) is 0 Å². The first-order valence-corrected chi connectivity index (χ1v) is 12.7. The topological polar surface area (TPSA) is 96.7 Å². The summed E-state index contributed by atoms with van der Waals surface area (Å²) in [5, 5.41) is 24.4. The quantitative estimate of drug-likeness (QED) is 0.466. The van der Waals surface area contributed by atoms with Crippen LogP contribution in [-0.4, -0.2) is 45.3 Å². The van der Waals surface area contributed by atoms with Crippen LogP contribution in [0.2, 0.25) is 0 Å². The van der Waals surface area contributed by atoms with E-state index in [-0.39, 0.29) is 18.1 Å². The van der Waals surface area contributed by atoms with Gasteiger partial charge in [0.25, 0.3) is 0 Å². The van der Waals surface area contributed by atoms with Crippen LogP contribution >= 0.6 is 11.3 Å². The zero-order valence-corrected chi connectivity index (χ0v) is 21.5.